The molecule has 0 saturated heterocycles. The number of aliphatic hydroxyl groups excluding tert-OH is 2. The monoisotopic (exact) mass is 574 g/mol. The molecule has 3 N–H and O–H groups in total. The van der Waals surface area contributed by atoms with Crippen LogP contribution in [0.2, 0.25) is 0 Å². The molecule has 0 radical (unpaired) electrons. The quantitative estimate of drug-likeness (QED) is 0.0591. The molecule has 2 unspecified atom stereocenters. The highest BCUT2D eigenvalue weighted by Crippen LogP contribution is 2.11. The van der Waals surface area contributed by atoms with Crippen molar-refractivity contribution in [3.05, 3.63) is 48.6 Å². The zero-order chi connectivity index (χ0) is 30.1. The number of hydrogen-bond donors (Lipinski definition) is 3. The lowest BCUT2D eigenvalue weighted by atomic mass is 10.1. The van der Waals surface area contributed by atoms with Crippen LogP contribution in [-0.4, -0.2) is 34.9 Å². The summed E-state index contributed by atoms with van der Waals surface area (Å²) in [7, 11) is 0. The highest BCUT2D eigenvalue weighted by atomic mass is 16.3. The number of aliphatic hydroxyl groups is 2. The van der Waals surface area contributed by atoms with Crippen LogP contribution in [0.25, 0.3) is 0 Å². The minimum absolute atomic E-state index is 0.0817. The van der Waals surface area contributed by atoms with E-state index in [4.69, 9.17) is 0 Å². The maximum Gasteiger partial charge on any atom is 0.220 e. The summed E-state index contributed by atoms with van der Waals surface area (Å²) < 4.78 is 0. The molecule has 4 heteroatoms. The van der Waals surface area contributed by atoms with Crippen LogP contribution < -0.4 is 5.32 Å². The first-order valence-corrected chi connectivity index (χ1v) is 17.4. The molecule has 0 aliphatic carbocycles. The summed E-state index contributed by atoms with van der Waals surface area (Å²) >= 11 is 0. The average Bonchev–Trinajstić information content (AvgIpc) is 2.97. The van der Waals surface area contributed by atoms with E-state index < -0.39 is 12.1 Å². The van der Waals surface area contributed by atoms with Crippen molar-refractivity contribution >= 4 is 5.91 Å². The predicted molar refractivity (Wildman–Crippen MR) is 179 cm³/mol. The molecule has 0 saturated carbocycles. The van der Waals surface area contributed by atoms with E-state index in [0.29, 0.717) is 6.42 Å². The van der Waals surface area contributed by atoms with Gasteiger partial charge in [-0.3, -0.25) is 4.79 Å². The van der Waals surface area contributed by atoms with Crippen LogP contribution in [0.4, 0.5) is 0 Å². The molecule has 238 valence electrons. The van der Waals surface area contributed by atoms with Crippen LogP contribution in [0.3, 0.4) is 0 Å². The molecular weight excluding hydrogens is 506 g/mol. The highest BCUT2D eigenvalue weighted by Gasteiger charge is 2.17. The van der Waals surface area contributed by atoms with Gasteiger partial charge in [-0.05, 0) is 57.8 Å². The molecule has 41 heavy (non-hydrogen) atoms. The molecule has 0 fully saturated rings. The smallest absolute Gasteiger partial charge is 0.220 e. The number of carbonyl (C=O) groups excluding carboxylic acids is 1. The fourth-order valence-corrected chi connectivity index (χ4v) is 4.83. The first kappa shape index (κ1) is 39.4. The first-order valence-electron chi connectivity index (χ1n) is 17.4. The standard InChI is InChI=1S/C37H67NO3/c1-3-5-7-9-11-13-15-16-17-18-19-20-21-22-23-25-27-29-31-33-37(41)38-35(34-39)36(40)32-30-28-26-24-14-12-10-8-6-4-2/h11,13,16-17,19-20,30,32,35-36,39-40H,3-10,12,14-15,18,21-29,31,33-34H2,1-2H3,(H,38,41)/b13-11-,17-16-,20-19-,32-30+. The van der Waals surface area contributed by atoms with Crippen molar-refractivity contribution in [2.24, 2.45) is 0 Å². The van der Waals surface area contributed by atoms with E-state index in [1.165, 1.54) is 89.9 Å². The summed E-state index contributed by atoms with van der Waals surface area (Å²) in [5, 5.41) is 22.8. The maximum atomic E-state index is 12.3. The third-order valence-electron chi connectivity index (χ3n) is 7.56. The van der Waals surface area contributed by atoms with Gasteiger partial charge in [0.2, 0.25) is 5.91 Å². The summed E-state index contributed by atoms with van der Waals surface area (Å²) in [4.78, 5) is 12.3. The Bertz CT molecular complexity index is 667. The number of amides is 1. The third kappa shape index (κ3) is 29.6. The second kappa shape index (κ2) is 32.9. The van der Waals surface area contributed by atoms with Gasteiger partial charge in [0.25, 0.3) is 0 Å². The molecule has 0 heterocycles. The fourth-order valence-electron chi connectivity index (χ4n) is 4.83. The second-order valence-corrected chi connectivity index (χ2v) is 11.6. The van der Waals surface area contributed by atoms with Crippen LogP contribution >= 0.6 is 0 Å². The van der Waals surface area contributed by atoms with Crippen LogP contribution in [0.15, 0.2) is 48.6 Å². The topological polar surface area (TPSA) is 69.6 Å². The normalized spacial score (nSPS) is 13.8. The molecule has 0 aromatic carbocycles. The van der Waals surface area contributed by atoms with Crippen molar-refractivity contribution in [1.29, 1.82) is 0 Å². The van der Waals surface area contributed by atoms with Crippen molar-refractivity contribution in [3.63, 3.8) is 0 Å². The molecule has 0 aromatic heterocycles. The van der Waals surface area contributed by atoms with Gasteiger partial charge in [0.1, 0.15) is 0 Å². The van der Waals surface area contributed by atoms with Crippen molar-refractivity contribution in [1.82, 2.24) is 5.32 Å². The van der Waals surface area contributed by atoms with Gasteiger partial charge < -0.3 is 15.5 Å². The van der Waals surface area contributed by atoms with E-state index in [9.17, 15) is 15.0 Å². The molecular formula is C37H67NO3. The molecule has 4 nitrogen and oxygen atoms in total. The SMILES string of the molecule is CCCCC/C=C\C/C=C\C/C=C\CCCCCCCCC(=O)NC(CO)C(O)/C=C/CCCCCCCCCC. The third-order valence-corrected chi connectivity index (χ3v) is 7.56. The molecule has 0 aliphatic heterocycles. The molecule has 0 aliphatic rings. The zero-order valence-corrected chi connectivity index (χ0v) is 27.0. The van der Waals surface area contributed by atoms with E-state index in [1.807, 2.05) is 6.08 Å². The lowest BCUT2D eigenvalue weighted by molar-refractivity contribution is -0.123. The van der Waals surface area contributed by atoms with Crippen molar-refractivity contribution in [2.75, 3.05) is 6.61 Å². The van der Waals surface area contributed by atoms with Crippen LogP contribution in [0, 0.1) is 0 Å². The van der Waals surface area contributed by atoms with Crippen molar-refractivity contribution in [3.8, 4) is 0 Å². The van der Waals surface area contributed by atoms with E-state index in [-0.39, 0.29) is 12.5 Å². The molecule has 1 amide bonds. The fraction of sp³-hybridized carbons (Fsp3) is 0.757. The number of hydrogen-bond acceptors (Lipinski definition) is 3. The number of allylic oxidation sites excluding steroid dienone is 7. The Kier molecular flexibility index (Phi) is 31.5. The summed E-state index contributed by atoms with van der Waals surface area (Å²) in [6.45, 7) is 4.23. The summed E-state index contributed by atoms with van der Waals surface area (Å²) in [6, 6.07) is -0.627. The van der Waals surface area contributed by atoms with Gasteiger partial charge in [-0.1, -0.05) is 146 Å². The Balaban J connectivity index is 3.68. The highest BCUT2D eigenvalue weighted by molar-refractivity contribution is 5.76. The molecule has 0 aromatic rings. The molecule has 0 bridgehead atoms. The largest absolute Gasteiger partial charge is 0.394 e. The van der Waals surface area contributed by atoms with E-state index >= 15 is 0 Å². The Morgan fingerprint density at radius 2 is 1.00 bits per heavy atom. The Morgan fingerprint density at radius 1 is 0.585 bits per heavy atom. The summed E-state index contributed by atoms with van der Waals surface area (Å²) in [5.41, 5.74) is 0. The predicted octanol–water partition coefficient (Wildman–Crippen LogP) is 10.1. The zero-order valence-electron chi connectivity index (χ0n) is 27.0. The maximum absolute atomic E-state index is 12.3. The van der Waals surface area contributed by atoms with Gasteiger partial charge in [0.15, 0.2) is 0 Å². The van der Waals surface area contributed by atoms with Crippen LogP contribution in [-0.2, 0) is 4.79 Å². The molecule has 2 atom stereocenters. The Morgan fingerprint density at radius 3 is 1.54 bits per heavy atom. The van der Waals surface area contributed by atoms with E-state index in [1.54, 1.807) is 6.08 Å². The minimum Gasteiger partial charge on any atom is -0.394 e. The van der Waals surface area contributed by atoms with Gasteiger partial charge in [-0.2, -0.15) is 0 Å². The molecule has 0 spiro atoms. The van der Waals surface area contributed by atoms with Gasteiger partial charge >= 0.3 is 0 Å². The first-order chi connectivity index (χ1) is 20.2. The molecule has 0 rings (SSSR count). The average molecular weight is 574 g/mol. The number of rotatable bonds is 30. The second-order valence-electron chi connectivity index (χ2n) is 11.6. The lowest BCUT2D eigenvalue weighted by Gasteiger charge is -2.20. The van der Waals surface area contributed by atoms with E-state index in [2.05, 4.69) is 55.6 Å². The van der Waals surface area contributed by atoms with Crippen LogP contribution in [0.5, 0.6) is 0 Å². The van der Waals surface area contributed by atoms with E-state index in [0.717, 1.165) is 51.4 Å². The van der Waals surface area contributed by atoms with Gasteiger partial charge in [-0.25, -0.2) is 0 Å². The lowest BCUT2D eigenvalue weighted by Crippen LogP contribution is -2.45. The van der Waals surface area contributed by atoms with Gasteiger partial charge in [-0.15, -0.1) is 0 Å². The van der Waals surface area contributed by atoms with Crippen molar-refractivity contribution in [2.45, 2.75) is 174 Å². The number of nitrogens with one attached hydrogen (secondary N) is 1. The number of unbranched alkanes of at least 4 members (excludes halogenated alkanes) is 17. The summed E-state index contributed by atoms with van der Waals surface area (Å²) in [6.07, 6.45) is 43.3. The van der Waals surface area contributed by atoms with Crippen molar-refractivity contribution < 1.29 is 15.0 Å². The van der Waals surface area contributed by atoms with Crippen LogP contribution in [0.1, 0.15) is 162 Å². The van der Waals surface area contributed by atoms with Gasteiger partial charge in [0, 0.05) is 6.42 Å². The number of carbonyl (C=O) groups is 1. The van der Waals surface area contributed by atoms with Gasteiger partial charge in [0.05, 0.1) is 18.8 Å². The minimum atomic E-state index is -0.842. The summed E-state index contributed by atoms with van der Waals surface area (Å²) in [5.74, 6) is -0.0817. The Hall–Kier alpha value is -1.65. The Labute approximate surface area is 254 Å².